The van der Waals surface area contributed by atoms with Gasteiger partial charge in [0.15, 0.2) is 22.6 Å². The van der Waals surface area contributed by atoms with Gasteiger partial charge in [-0.2, -0.15) is 0 Å². The van der Waals surface area contributed by atoms with Gasteiger partial charge in [0.25, 0.3) is 0 Å². The van der Waals surface area contributed by atoms with Gasteiger partial charge in [-0.25, -0.2) is 22.9 Å². The number of methoxy groups -OCH3 is 1. The van der Waals surface area contributed by atoms with Crippen molar-refractivity contribution in [3.05, 3.63) is 88.7 Å². The van der Waals surface area contributed by atoms with Gasteiger partial charge in [-0.15, -0.1) is 0 Å². The first-order chi connectivity index (χ1) is 16.8. The van der Waals surface area contributed by atoms with Crippen molar-refractivity contribution in [3.63, 3.8) is 0 Å². The minimum atomic E-state index is -1.54. The number of aliphatic carboxylic acids is 1. The fourth-order valence-electron chi connectivity index (χ4n) is 3.44. The van der Waals surface area contributed by atoms with Crippen LogP contribution < -0.4 is 9.64 Å². The first-order valence-corrected chi connectivity index (χ1v) is 11.3. The van der Waals surface area contributed by atoms with E-state index in [1.54, 1.807) is 31.4 Å². The average molecular weight is 497 g/mol. The number of thiazole rings is 1. The van der Waals surface area contributed by atoms with Gasteiger partial charge in [0.05, 0.1) is 11.8 Å². The molecule has 0 aliphatic carbocycles. The van der Waals surface area contributed by atoms with E-state index < -0.39 is 23.4 Å². The predicted molar refractivity (Wildman–Crippen MR) is 128 cm³/mol. The average Bonchev–Trinajstić information content (AvgIpc) is 3.29. The third-order valence-electron chi connectivity index (χ3n) is 5.25. The van der Waals surface area contributed by atoms with E-state index in [0.29, 0.717) is 30.2 Å². The highest BCUT2D eigenvalue weighted by Gasteiger charge is 2.20. The van der Waals surface area contributed by atoms with E-state index in [1.165, 1.54) is 0 Å². The van der Waals surface area contributed by atoms with Gasteiger partial charge < -0.3 is 14.7 Å². The quantitative estimate of drug-likeness (QED) is 0.274. The molecule has 178 valence electrons. The van der Waals surface area contributed by atoms with Crippen molar-refractivity contribution in [2.75, 3.05) is 18.6 Å². The molecule has 0 aliphatic heterocycles. The molecule has 0 fully saturated rings. The molecule has 0 spiro atoms. The molecule has 4 rings (SSSR count). The summed E-state index contributed by atoms with van der Waals surface area (Å²) < 4.78 is 47.2. The summed E-state index contributed by atoms with van der Waals surface area (Å²) in [6.45, 7) is 0.883. The van der Waals surface area contributed by atoms with Crippen molar-refractivity contribution in [2.45, 2.75) is 13.0 Å². The maximum Gasteiger partial charge on any atom is 0.382 e. The van der Waals surface area contributed by atoms with Gasteiger partial charge >= 0.3 is 5.97 Å². The van der Waals surface area contributed by atoms with E-state index in [4.69, 9.17) is 9.84 Å². The SMILES string of the molecule is COc1ccc(CCN(Cc2ccc(C#CC(=O)O)cc2)c2nc3c(F)c(F)c(F)cc3s2)cc1. The molecule has 3 aromatic carbocycles. The fourth-order valence-corrected chi connectivity index (χ4v) is 4.45. The van der Waals surface area contributed by atoms with E-state index in [2.05, 4.69) is 16.8 Å². The van der Waals surface area contributed by atoms with Crippen molar-refractivity contribution in [1.29, 1.82) is 0 Å². The van der Waals surface area contributed by atoms with Gasteiger partial charge in [0.2, 0.25) is 0 Å². The zero-order valence-corrected chi connectivity index (χ0v) is 19.3. The molecule has 1 N–H and O–H groups in total. The van der Waals surface area contributed by atoms with Crippen LogP contribution in [-0.4, -0.2) is 29.7 Å². The van der Waals surface area contributed by atoms with Gasteiger partial charge in [0, 0.05) is 24.6 Å². The lowest BCUT2D eigenvalue weighted by molar-refractivity contribution is -0.130. The molecule has 0 amide bonds. The topological polar surface area (TPSA) is 62.7 Å². The minimum absolute atomic E-state index is 0.211. The molecule has 0 saturated carbocycles. The van der Waals surface area contributed by atoms with Crippen LogP contribution in [0.25, 0.3) is 10.2 Å². The number of halogens is 3. The Morgan fingerprint density at radius 2 is 1.74 bits per heavy atom. The number of aromatic nitrogens is 1. The Kier molecular flexibility index (Phi) is 7.22. The summed E-state index contributed by atoms with van der Waals surface area (Å²) in [5.41, 5.74) is 2.25. The fraction of sp³-hybridized carbons (Fsp3) is 0.154. The van der Waals surface area contributed by atoms with Crippen LogP contribution in [0.5, 0.6) is 5.75 Å². The predicted octanol–water partition coefficient (Wildman–Crippen LogP) is 5.41. The van der Waals surface area contributed by atoms with E-state index in [1.807, 2.05) is 29.2 Å². The molecule has 1 heterocycles. The summed E-state index contributed by atoms with van der Waals surface area (Å²) in [4.78, 5) is 16.8. The number of benzene rings is 3. The third-order valence-corrected chi connectivity index (χ3v) is 6.31. The van der Waals surface area contributed by atoms with Crippen molar-refractivity contribution < 1.29 is 27.8 Å². The minimum Gasteiger partial charge on any atom is -0.497 e. The van der Waals surface area contributed by atoms with Gasteiger partial charge in [-0.05, 0) is 47.9 Å². The normalized spacial score (nSPS) is 10.6. The third kappa shape index (κ3) is 5.73. The zero-order chi connectivity index (χ0) is 24.9. The van der Waals surface area contributed by atoms with Crippen LogP contribution in [0.3, 0.4) is 0 Å². The number of hydrogen-bond acceptors (Lipinski definition) is 5. The highest BCUT2D eigenvalue weighted by atomic mass is 32.1. The molecule has 35 heavy (non-hydrogen) atoms. The molecule has 0 atom stereocenters. The molecule has 0 bridgehead atoms. The lowest BCUT2D eigenvalue weighted by Crippen LogP contribution is -2.25. The summed E-state index contributed by atoms with van der Waals surface area (Å²) in [5.74, 6) is 0.0343. The van der Waals surface area contributed by atoms with Crippen LogP contribution >= 0.6 is 11.3 Å². The number of rotatable bonds is 7. The highest BCUT2D eigenvalue weighted by molar-refractivity contribution is 7.22. The van der Waals surface area contributed by atoms with Crippen LogP contribution in [0.15, 0.2) is 54.6 Å². The number of carbonyl (C=O) groups is 1. The van der Waals surface area contributed by atoms with Crippen molar-refractivity contribution >= 4 is 32.7 Å². The molecule has 0 saturated heterocycles. The van der Waals surface area contributed by atoms with Gasteiger partial charge in [-0.3, -0.25) is 0 Å². The standard InChI is InChI=1S/C26H19F3N2O3S/c1-34-19-9-6-17(7-10-19)12-13-31(15-18-4-2-16(3-5-18)8-11-22(32)33)26-30-25-21(35-26)14-20(27)23(28)24(25)29/h2-7,9-10,14H,12-13,15H2,1H3,(H,32,33). The first kappa shape index (κ1) is 24.1. The van der Waals surface area contributed by atoms with Crippen molar-refractivity contribution in [2.24, 2.45) is 0 Å². The Balaban J connectivity index is 1.62. The van der Waals surface area contributed by atoms with E-state index in [0.717, 1.165) is 34.3 Å². The second-order valence-electron chi connectivity index (χ2n) is 7.60. The van der Waals surface area contributed by atoms with Crippen molar-refractivity contribution in [1.82, 2.24) is 4.98 Å². The Bertz CT molecular complexity index is 1420. The number of ether oxygens (including phenoxy) is 1. The lowest BCUT2D eigenvalue weighted by Gasteiger charge is -2.22. The van der Waals surface area contributed by atoms with Crippen molar-refractivity contribution in [3.8, 4) is 17.6 Å². The molecule has 0 aliphatic rings. The molecular weight excluding hydrogens is 477 g/mol. The van der Waals surface area contributed by atoms with Crippen LogP contribution in [0.4, 0.5) is 18.3 Å². The summed E-state index contributed by atoms with van der Waals surface area (Å²) in [6, 6.07) is 15.6. The molecule has 9 heteroatoms. The smallest absolute Gasteiger partial charge is 0.382 e. The van der Waals surface area contributed by atoms with Crippen LogP contribution in [-0.2, 0) is 17.8 Å². The number of nitrogens with zero attached hydrogens (tertiary/aromatic N) is 2. The maximum absolute atomic E-state index is 14.3. The second-order valence-corrected chi connectivity index (χ2v) is 8.61. The van der Waals surface area contributed by atoms with Crippen LogP contribution in [0.2, 0.25) is 0 Å². The Morgan fingerprint density at radius 3 is 2.40 bits per heavy atom. The Morgan fingerprint density at radius 1 is 1.06 bits per heavy atom. The summed E-state index contributed by atoms with van der Waals surface area (Å²) in [5, 5.41) is 9.13. The van der Waals surface area contributed by atoms with Crippen LogP contribution in [0.1, 0.15) is 16.7 Å². The molecule has 0 unspecified atom stereocenters. The number of fused-ring (bicyclic) bond motifs is 1. The summed E-state index contributed by atoms with van der Waals surface area (Å²) in [7, 11) is 1.59. The number of carboxylic acid groups (broad SMARTS) is 1. The van der Waals surface area contributed by atoms with E-state index in [9.17, 15) is 18.0 Å². The summed E-state index contributed by atoms with van der Waals surface area (Å²) >= 11 is 1.08. The molecule has 1 aromatic heterocycles. The molecule has 4 aromatic rings. The number of anilines is 1. The summed E-state index contributed by atoms with van der Waals surface area (Å²) in [6.07, 6.45) is 0.632. The van der Waals surface area contributed by atoms with E-state index in [-0.39, 0.29) is 10.2 Å². The monoisotopic (exact) mass is 496 g/mol. The van der Waals surface area contributed by atoms with Gasteiger partial charge in [0.1, 0.15) is 11.3 Å². The lowest BCUT2D eigenvalue weighted by atomic mass is 10.1. The highest BCUT2D eigenvalue weighted by Crippen LogP contribution is 2.33. The number of hydrogen-bond donors (Lipinski definition) is 1. The molecular formula is C26H19F3N2O3S. The molecule has 0 radical (unpaired) electrons. The Hall–Kier alpha value is -4.03. The second kappa shape index (κ2) is 10.5. The Labute approximate surface area is 203 Å². The maximum atomic E-state index is 14.3. The first-order valence-electron chi connectivity index (χ1n) is 10.5. The molecule has 5 nitrogen and oxygen atoms in total. The zero-order valence-electron chi connectivity index (χ0n) is 18.5. The van der Waals surface area contributed by atoms with Crippen LogP contribution in [0, 0.1) is 29.3 Å². The van der Waals surface area contributed by atoms with E-state index >= 15 is 0 Å². The largest absolute Gasteiger partial charge is 0.497 e. The number of carboxylic acids is 1. The van der Waals surface area contributed by atoms with Gasteiger partial charge in [-0.1, -0.05) is 41.5 Å².